The molecule has 7 nitrogen and oxygen atoms in total. The maximum Gasteiger partial charge on any atom is 0.287 e. The van der Waals surface area contributed by atoms with Crippen LogP contribution in [0.4, 0.5) is 0 Å². The number of aromatic nitrogens is 2. The Morgan fingerprint density at radius 3 is 3.15 bits per heavy atom. The number of ether oxygens (including phenoxy) is 1. The topological polar surface area (TPSA) is 72.5 Å². The van der Waals surface area contributed by atoms with Crippen LogP contribution in [0.3, 0.4) is 0 Å². The van der Waals surface area contributed by atoms with Gasteiger partial charge in [0.05, 0.1) is 24.3 Å². The molecule has 1 amide bonds. The Bertz CT molecular complexity index is 817. The second kappa shape index (κ2) is 6.49. The molecule has 2 aromatic rings. The van der Waals surface area contributed by atoms with E-state index in [0.29, 0.717) is 24.1 Å². The lowest BCUT2D eigenvalue weighted by molar-refractivity contribution is 0.00253. The Hall–Kier alpha value is -2.12. The number of amides is 1. The maximum absolute atomic E-state index is 12.4. The Morgan fingerprint density at radius 1 is 1.44 bits per heavy atom. The highest BCUT2D eigenvalue weighted by Crippen LogP contribution is 2.54. The number of nitrogens with one attached hydrogen (secondary N) is 1. The molecule has 0 saturated carbocycles. The summed E-state index contributed by atoms with van der Waals surface area (Å²) in [7, 11) is 0. The zero-order valence-corrected chi connectivity index (χ0v) is 15.6. The van der Waals surface area contributed by atoms with Gasteiger partial charge in [0.2, 0.25) is 0 Å². The number of imidazole rings is 1. The number of furan rings is 1. The monoisotopic (exact) mass is 370 g/mol. The number of fused-ring (bicyclic) bond motifs is 1. The first-order valence-corrected chi connectivity index (χ1v) is 9.83. The summed E-state index contributed by atoms with van der Waals surface area (Å²) in [5.41, 5.74) is 0.870. The molecule has 5 rings (SSSR count). The predicted molar refractivity (Wildman–Crippen MR) is 98.3 cm³/mol. The van der Waals surface area contributed by atoms with Crippen molar-refractivity contribution in [1.29, 1.82) is 0 Å². The Kier molecular flexibility index (Phi) is 4.09. The van der Waals surface area contributed by atoms with E-state index in [1.54, 1.807) is 6.26 Å². The lowest BCUT2D eigenvalue weighted by Gasteiger charge is -2.29. The quantitative estimate of drug-likeness (QED) is 0.838. The standard InChI is InChI=1S/C20H26N4O3/c1-14-3-9-26-18(14)19(25)22-10-15-16-11-24(8-7-23-6-5-21-13-23)12-20(16)4-2-17(15)27-20/h3,5-6,9,13,15-17H,2,4,7-8,10-12H2,1H3,(H,22,25)/t15-,16+,17+,20+/m0/s1. The van der Waals surface area contributed by atoms with Gasteiger partial charge < -0.3 is 19.0 Å². The van der Waals surface area contributed by atoms with Gasteiger partial charge in [-0.3, -0.25) is 9.69 Å². The van der Waals surface area contributed by atoms with Gasteiger partial charge >= 0.3 is 0 Å². The number of hydrogen-bond acceptors (Lipinski definition) is 5. The summed E-state index contributed by atoms with van der Waals surface area (Å²) in [5, 5.41) is 3.09. The van der Waals surface area contributed by atoms with Gasteiger partial charge in [0.25, 0.3) is 5.91 Å². The molecular formula is C20H26N4O3. The van der Waals surface area contributed by atoms with Crippen LogP contribution >= 0.6 is 0 Å². The van der Waals surface area contributed by atoms with E-state index in [4.69, 9.17) is 9.15 Å². The third-order valence-electron chi connectivity index (χ3n) is 6.65. The largest absolute Gasteiger partial charge is 0.459 e. The summed E-state index contributed by atoms with van der Waals surface area (Å²) in [6.45, 7) is 6.56. The number of likely N-dealkylation sites (tertiary alicyclic amines) is 1. The summed E-state index contributed by atoms with van der Waals surface area (Å²) in [5.74, 6) is 1.18. The number of aryl methyl sites for hydroxylation is 1. The van der Waals surface area contributed by atoms with Crippen LogP contribution in [0, 0.1) is 18.8 Å². The fourth-order valence-corrected chi connectivity index (χ4v) is 5.30. The van der Waals surface area contributed by atoms with Crippen molar-refractivity contribution < 1.29 is 13.9 Å². The third kappa shape index (κ3) is 2.89. The molecule has 1 N–H and O–H groups in total. The highest BCUT2D eigenvalue weighted by molar-refractivity contribution is 5.92. The van der Waals surface area contributed by atoms with E-state index in [2.05, 4.69) is 19.8 Å². The third-order valence-corrected chi connectivity index (χ3v) is 6.65. The van der Waals surface area contributed by atoms with Gasteiger partial charge in [0.1, 0.15) is 0 Å². The van der Waals surface area contributed by atoms with E-state index in [9.17, 15) is 4.79 Å². The van der Waals surface area contributed by atoms with Crippen LogP contribution in [0.2, 0.25) is 0 Å². The Morgan fingerprint density at radius 2 is 2.37 bits per heavy atom. The normalized spacial score (nSPS) is 32.1. The molecule has 3 saturated heterocycles. The molecule has 3 fully saturated rings. The molecule has 2 bridgehead atoms. The molecular weight excluding hydrogens is 344 g/mol. The van der Waals surface area contributed by atoms with Crippen LogP contribution in [-0.2, 0) is 11.3 Å². The summed E-state index contributed by atoms with van der Waals surface area (Å²) in [4.78, 5) is 19.0. The summed E-state index contributed by atoms with van der Waals surface area (Å²) >= 11 is 0. The number of carbonyl (C=O) groups is 1. The zero-order valence-electron chi connectivity index (χ0n) is 15.6. The van der Waals surface area contributed by atoms with Gasteiger partial charge in [-0.25, -0.2) is 4.98 Å². The van der Waals surface area contributed by atoms with Crippen LogP contribution in [0.5, 0.6) is 0 Å². The molecule has 0 aromatic carbocycles. The number of carbonyl (C=O) groups excluding carboxylic acids is 1. The zero-order chi connectivity index (χ0) is 18.4. The molecule has 0 aliphatic carbocycles. The molecule has 2 aromatic heterocycles. The lowest BCUT2D eigenvalue weighted by atomic mass is 9.73. The van der Waals surface area contributed by atoms with E-state index >= 15 is 0 Å². The highest BCUT2D eigenvalue weighted by Gasteiger charge is 2.62. The minimum Gasteiger partial charge on any atom is -0.459 e. The molecule has 5 heterocycles. The van der Waals surface area contributed by atoms with Gasteiger partial charge in [0.15, 0.2) is 5.76 Å². The average molecular weight is 370 g/mol. The molecule has 3 aliphatic heterocycles. The number of nitrogens with zero attached hydrogens (tertiary/aromatic N) is 3. The van der Waals surface area contributed by atoms with Gasteiger partial charge in [-0.05, 0) is 25.8 Å². The number of hydrogen-bond donors (Lipinski definition) is 1. The van der Waals surface area contributed by atoms with Crippen LogP contribution < -0.4 is 5.32 Å². The van der Waals surface area contributed by atoms with Crippen molar-refractivity contribution >= 4 is 5.91 Å². The summed E-state index contributed by atoms with van der Waals surface area (Å²) in [6.07, 6.45) is 9.79. The molecule has 27 heavy (non-hydrogen) atoms. The van der Waals surface area contributed by atoms with Gasteiger partial charge in [-0.15, -0.1) is 0 Å². The predicted octanol–water partition coefficient (Wildman–Crippen LogP) is 1.69. The smallest absolute Gasteiger partial charge is 0.287 e. The van der Waals surface area contributed by atoms with E-state index in [-0.39, 0.29) is 17.6 Å². The number of rotatable bonds is 6. The van der Waals surface area contributed by atoms with Gasteiger partial charge in [-0.2, -0.15) is 0 Å². The van der Waals surface area contributed by atoms with Gasteiger partial charge in [-0.1, -0.05) is 0 Å². The lowest BCUT2D eigenvalue weighted by Crippen LogP contribution is -2.41. The van der Waals surface area contributed by atoms with E-state index in [1.165, 1.54) is 0 Å². The summed E-state index contributed by atoms with van der Waals surface area (Å²) < 4.78 is 13.9. The first-order valence-electron chi connectivity index (χ1n) is 9.83. The minimum absolute atomic E-state index is 0.00437. The minimum atomic E-state index is -0.121. The van der Waals surface area contributed by atoms with Crippen molar-refractivity contribution in [3.8, 4) is 0 Å². The van der Waals surface area contributed by atoms with Crippen molar-refractivity contribution in [1.82, 2.24) is 19.8 Å². The van der Waals surface area contributed by atoms with Crippen molar-refractivity contribution in [3.05, 3.63) is 42.4 Å². The molecule has 1 spiro atoms. The Balaban J connectivity index is 1.21. The average Bonchev–Trinajstić information content (AvgIpc) is 3.44. The second-order valence-electron chi connectivity index (χ2n) is 8.21. The fourth-order valence-electron chi connectivity index (χ4n) is 5.30. The Labute approximate surface area is 158 Å². The van der Waals surface area contributed by atoms with E-state index in [0.717, 1.165) is 44.6 Å². The van der Waals surface area contributed by atoms with Crippen molar-refractivity contribution in [2.45, 2.75) is 38.0 Å². The van der Waals surface area contributed by atoms with Crippen molar-refractivity contribution in [2.24, 2.45) is 11.8 Å². The van der Waals surface area contributed by atoms with Crippen LogP contribution in [0.1, 0.15) is 29.0 Å². The molecule has 0 unspecified atom stereocenters. The maximum atomic E-state index is 12.4. The second-order valence-corrected chi connectivity index (χ2v) is 8.21. The van der Waals surface area contributed by atoms with Crippen molar-refractivity contribution in [2.75, 3.05) is 26.2 Å². The fraction of sp³-hybridized carbons (Fsp3) is 0.600. The van der Waals surface area contributed by atoms with Crippen LogP contribution in [0.25, 0.3) is 0 Å². The highest BCUT2D eigenvalue weighted by atomic mass is 16.5. The molecule has 3 aliphatic rings. The molecule has 4 atom stereocenters. The van der Waals surface area contributed by atoms with E-state index < -0.39 is 0 Å². The summed E-state index contributed by atoms with van der Waals surface area (Å²) in [6, 6.07) is 1.82. The SMILES string of the molecule is Cc1ccoc1C(=O)NC[C@H]1[C@H]2CN(CCn3ccnc3)C[C@]23CC[C@H]1O3. The first kappa shape index (κ1) is 17.0. The van der Waals surface area contributed by atoms with E-state index in [1.807, 2.05) is 31.7 Å². The molecule has 7 heteroatoms. The van der Waals surface area contributed by atoms with Crippen LogP contribution in [0.15, 0.2) is 35.5 Å². The molecule has 144 valence electrons. The molecule has 0 radical (unpaired) electrons. The van der Waals surface area contributed by atoms with Gasteiger partial charge in [0, 0.05) is 62.5 Å². The van der Waals surface area contributed by atoms with Crippen molar-refractivity contribution in [3.63, 3.8) is 0 Å². The van der Waals surface area contributed by atoms with Crippen LogP contribution in [-0.4, -0.2) is 58.2 Å². The first-order chi connectivity index (χ1) is 13.1.